The van der Waals surface area contributed by atoms with E-state index in [1.54, 1.807) is 12.1 Å². The summed E-state index contributed by atoms with van der Waals surface area (Å²) in [4.78, 5) is 4.34. The van der Waals surface area contributed by atoms with Gasteiger partial charge < -0.3 is 10.3 Å². The number of halogens is 1. The summed E-state index contributed by atoms with van der Waals surface area (Å²) in [6.07, 6.45) is 2.25. The maximum atomic E-state index is 12.8. The monoisotopic (exact) mass is 263 g/mol. The van der Waals surface area contributed by atoms with Gasteiger partial charge in [-0.25, -0.2) is 4.39 Å². The molecule has 1 aromatic carbocycles. The minimum absolute atomic E-state index is 0.244. The maximum absolute atomic E-state index is 12.8. The van der Waals surface area contributed by atoms with E-state index in [0.717, 1.165) is 12.0 Å². The van der Waals surface area contributed by atoms with Crippen molar-refractivity contribution >= 4 is 0 Å². The van der Waals surface area contributed by atoms with Crippen LogP contribution in [0.2, 0.25) is 0 Å². The van der Waals surface area contributed by atoms with Gasteiger partial charge >= 0.3 is 0 Å². The highest BCUT2D eigenvalue weighted by atomic mass is 19.1. The molecule has 2 rings (SSSR count). The Hall–Kier alpha value is -1.75. The van der Waals surface area contributed by atoms with E-state index >= 15 is 0 Å². The van der Waals surface area contributed by atoms with Crippen LogP contribution in [0, 0.1) is 11.7 Å². The van der Waals surface area contributed by atoms with Gasteiger partial charge in [-0.3, -0.25) is 0 Å². The SMILES string of the molecule is CCC(CN)Cc1nc(Cc2ccc(F)cc2)no1. The van der Waals surface area contributed by atoms with Crippen LogP contribution in [-0.4, -0.2) is 16.7 Å². The number of hydrogen-bond donors (Lipinski definition) is 1. The fraction of sp³-hybridized carbons (Fsp3) is 0.429. The van der Waals surface area contributed by atoms with E-state index in [0.29, 0.717) is 37.0 Å². The van der Waals surface area contributed by atoms with Crippen LogP contribution < -0.4 is 5.73 Å². The average molecular weight is 263 g/mol. The van der Waals surface area contributed by atoms with Crippen molar-refractivity contribution in [3.63, 3.8) is 0 Å². The molecule has 5 heteroatoms. The van der Waals surface area contributed by atoms with E-state index in [4.69, 9.17) is 10.3 Å². The first-order valence-electron chi connectivity index (χ1n) is 6.47. The summed E-state index contributed by atoms with van der Waals surface area (Å²) in [5.41, 5.74) is 6.61. The Labute approximate surface area is 111 Å². The molecule has 19 heavy (non-hydrogen) atoms. The normalized spacial score (nSPS) is 12.6. The molecule has 2 aromatic rings. The first-order chi connectivity index (χ1) is 9.21. The van der Waals surface area contributed by atoms with E-state index in [1.165, 1.54) is 12.1 Å². The Morgan fingerprint density at radius 2 is 2.05 bits per heavy atom. The second kappa shape index (κ2) is 6.43. The fourth-order valence-corrected chi connectivity index (χ4v) is 1.87. The molecular weight excluding hydrogens is 245 g/mol. The average Bonchev–Trinajstić information content (AvgIpc) is 2.86. The summed E-state index contributed by atoms with van der Waals surface area (Å²) < 4.78 is 18.0. The van der Waals surface area contributed by atoms with Crippen LogP contribution in [0.4, 0.5) is 4.39 Å². The molecule has 0 aliphatic rings. The van der Waals surface area contributed by atoms with Gasteiger partial charge in [0.05, 0.1) is 0 Å². The first-order valence-corrected chi connectivity index (χ1v) is 6.47. The molecular formula is C14H18FN3O. The Kier molecular flexibility index (Phi) is 4.63. The van der Waals surface area contributed by atoms with Gasteiger partial charge in [0.1, 0.15) is 5.82 Å². The van der Waals surface area contributed by atoms with Crippen molar-refractivity contribution in [2.24, 2.45) is 11.7 Å². The molecule has 0 fully saturated rings. The zero-order chi connectivity index (χ0) is 13.7. The summed E-state index contributed by atoms with van der Waals surface area (Å²) in [5, 5.41) is 3.93. The van der Waals surface area contributed by atoms with Crippen molar-refractivity contribution in [1.29, 1.82) is 0 Å². The highest BCUT2D eigenvalue weighted by molar-refractivity contribution is 5.19. The summed E-state index contributed by atoms with van der Waals surface area (Å²) in [5.74, 6) is 1.37. The number of rotatable bonds is 6. The number of hydrogen-bond acceptors (Lipinski definition) is 4. The van der Waals surface area contributed by atoms with Gasteiger partial charge in [0.2, 0.25) is 5.89 Å². The molecule has 0 aliphatic heterocycles. The third-order valence-corrected chi connectivity index (χ3v) is 3.16. The summed E-state index contributed by atoms with van der Waals surface area (Å²) >= 11 is 0. The smallest absolute Gasteiger partial charge is 0.226 e. The zero-order valence-corrected chi connectivity index (χ0v) is 11.0. The van der Waals surface area contributed by atoms with Crippen molar-refractivity contribution in [1.82, 2.24) is 10.1 Å². The molecule has 102 valence electrons. The second-order valence-corrected chi connectivity index (χ2v) is 4.62. The summed E-state index contributed by atoms with van der Waals surface area (Å²) in [6, 6.07) is 6.30. The van der Waals surface area contributed by atoms with E-state index in [9.17, 15) is 4.39 Å². The van der Waals surface area contributed by atoms with Crippen molar-refractivity contribution in [3.8, 4) is 0 Å². The molecule has 1 atom stereocenters. The van der Waals surface area contributed by atoms with Crippen LogP contribution in [0.1, 0.15) is 30.6 Å². The maximum Gasteiger partial charge on any atom is 0.226 e. The Balaban J connectivity index is 1.99. The van der Waals surface area contributed by atoms with Gasteiger partial charge in [-0.2, -0.15) is 4.98 Å². The summed E-state index contributed by atoms with van der Waals surface area (Å²) in [7, 11) is 0. The Morgan fingerprint density at radius 1 is 1.32 bits per heavy atom. The van der Waals surface area contributed by atoms with Gasteiger partial charge in [0, 0.05) is 12.8 Å². The molecule has 0 spiro atoms. The molecule has 0 saturated carbocycles. The van der Waals surface area contributed by atoms with Crippen molar-refractivity contribution in [2.45, 2.75) is 26.2 Å². The molecule has 0 saturated heterocycles. The minimum atomic E-state index is -0.244. The van der Waals surface area contributed by atoms with Gasteiger partial charge in [-0.05, 0) is 30.2 Å². The summed E-state index contributed by atoms with van der Waals surface area (Å²) in [6.45, 7) is 2.71. The highest BCUT2D eigenvalue weighted by Gasteiger charge is 2.12. The first kappa shape index (κ1) is 13.7. The van der Waals surface area contributed by atoms with Crippen LogP contribution >= 0.6 is 0 Å². The van der Waals surface area contributed by atoms with E-state index in [-0.39, 0.29) is 5.82 Å². The number of aromatic nitrogens is 2. The number of nitrogens with zero attached hydrogens (tertiary/aromatic N) is 2. The Bertz CT molecular complexity index is 506. The lowest BCUT2D eigenvalue weighted by molar-refractivity contribution is 0.347. The highest BCUT2D eigenvalue weighted by Crippen LogP contribution is 2.12. The molecule has 4 nitrogen and oxygen atoms in total. The molecule has 0 radical (unpaired) electrons. The molecule has 1 unspecified atom stereocenters. The standard InChI is InChI=1S/C14H18FN3O/c1-2-10(9-16)8-14-17-13(18-19-14)7-11-3-5-12(15)6-4-11/h3-6,10H,2,7-9,16H2,1H3. The lowest BCUT2D eigenvalue weighted by atomic mass is 10.0. The topological polar surface area (TPSA) is 64.9 Å². The van der Waals surface area contributed by atoms with Crippen molar-refractivity contribution < 1.29 is 8.91 Å². The van der Waals surface area contributed by atoms with Gasteiger partial charge in [0.25, 0.3) is 0 Å². The van der Waals surface area contributed by atoms with Gasteiger partial charge in [-0.1, -0.05) is 30.6 Å². The lowest BCUT2D eigenvalue weighted by Gasteiger charge is -2.07. The molecule has 1 aromatic heterocycles. The largest absolute Gasteiger partial charge is 0.339 e. The zero-order valence-electron chi connectivity index (χ0n) is 11.0. The minimum Gasteiger partial charge on any atom is -0.339 e. The molecule has 1 heterocycles. The predicted molar refractivity (Wildman–Crippen MR) is 70.0 cm³/mol. The lowest BCUT2D eigenvalue weighted by Crippen LogP contribution is -2.16. The number of nitrogens with two attached hydrogens (primary N) is 1. The third-order valence-electron chi connectivity index (χ3n) is 3.16. The molecule has 0 bridgehead atoms. The van der Waals surface area contributed by atoms with Crippen molar-refractivity contribution in [2.75, 3.05) is 6.54 Å². The van der Waals surface area contributed by atoms with E-state index < -0.39 is 0 Å². The van der Waals surface area contributed by atoms with Crippen molar-refractivity contribution in [3.05, 3.63) is 47.4 Å². The van der Waals surface area contributed by atoms with Crippen LogP contribution in [-0.2, 0) is 12.8 Å². The second-order valence-electron chi connectivity index (χ2n) is 4.62. The Morgan fingerprint density at radius 3 is 2.68 bits per heavy atom. The molecule has 0 amide bonds. The van der Waals surface area contributed by atoms with Gasteiger partial charge in [-0.15, -0.1) is 0 Å². The third kappa shape index (κ3) is 3.86. The van der Waals surface area contributed by atoms with Gasteiger partial charge in [0.15, 0.2) is 5.82 Å². The van der Waals surface area contributed by atoms with E-state index in [1.807, 2.05) is 0 Å². The van der Waals surface area contributed by atoms with Crippen LogP contribution in [0.5, 0.6) is 0 Å². The van der Waals surface area contributed by atoms with Crippen LogP contribution in [0.25, 0.3) is 0 Å². The quantitative estimate of drug-likeness (QED) is 0.868. The van der Waals surface area contributed by atoms with Crippen LogP contribution in [0.15, 0.2) is 28.8 Å². The molecule has 0 aliphatic carbocycles. The predicted octanol–water partition coefficient (Wildman–Crippen LogP) is 2.33. The number of benzene rings is 1. The molecule has 2 N–H and O–H groups in total. The van der Waals surface area contributed by atoms with Crippen LogP contribution in [0.3, 0.4) is 0 Å². The fourth-order valence-electron chi connectivity index (χ4n) is 1.87. The van der Waals surface area contributed by atoms with E-state index in [2.05, 4.69) is 17.1 Å².